The van der Waals surface area contributed by atoms with Gasteiger partial charge in [0.25, 0.3) is 5.91 Å². The van der Waals surface area contributed by atoms with Crippen molar-refractivity contribution in [3.8, 4) is 0 Å². The number of carbonyl (C=O) groups excluding carboxylic acids is 1. The number of hydrogen-bond donors (Lipinski definition) is 1. The summed E-state index contributed by atoms with van der Waals surface area (Å²) in [7, 11) is 0. The molecule has 0 bridgehead atoms. The van der Waals surface area contributed by atoms with Gasteiger partial charge in [0.1, 0.15) is 0 Å². The van der Waals surface area contributed by atoms with Crippen LogP contribution in [0.2, 0.25) is 0 Å². The van der Waals surface area contributed by atoms with E-state index in [1.807, 2.05) is 6.08 Å². The minimum atomic E-state index is -0.137. The molecule has 0 saturated carbocycles. The van der Waals surface area contributed by atoms with Crippen LogP contribution in [-0.2, 0) is 0 Å². The summed E-state index contributed by atoms with van der Waals surface area (Å²) in [6, 6.07) is 5.24. The van der Waals surface area contributed by atoms with E-state index in [0.717, 1.165) is 5.52 Å². The lowest BCUT2D eigenvalue weighted by molar-refractivity contribution is 0.0958. The average Bonchev–Trinajstić information content (AvgIpc) is 2.43. The summed E-state index contributed by atoms with van der Waals surface area (Å²) in [4.78, 5) is 20.1. The number of halogens is 1. The summed E-state index contributed by atoms with van der Waals surface area (Å²) in [6.45, 7) is 0.462. The number of hydrogen-bond acceptors (Lipinski definition) is 3. The summed E-state index contributed by atoms with van der Waals surface area (Å²) in [5, 5.41) is 2.77. The number of aromatic nitrogens is 2. The van der Waals surface area contributed by atoms with Crippen molar-refractivity contribution in [3.63, 3.8) is 0 Å². The van der Waals surface area contributed by atoms with Gasteiger partial charge in [-0.25, -0.2) is 0 Å². The number of alkyl halides is 1. The van der Waals surface area contributed by atoms with Crippen LogP contribution < -0.4 is 5.32 Å². The molecule has 92 valence electrons. The maximum Gasteiger partial charge on any atom is 0.251 e. The number of nitrogens with zero attached hydrogens (tertiary/aromatic N) is 2. The molecule has 4 nitrogen and oxygen atoms in total. The maximum absolute atomic E-state index is 11.8. The lowest BCUT2D eigenvalue weighted by atomic mass is 10.2. The fourth-order valence-electron chi connectivity index (χ4n) is 1.50. The van der Waals surface area contributed by atoms with E-state index < -0.39 is 0 Å². The van der Waals surface area contributed by atoms with E-state index in [-0.39, 0.29) is 5.91 Å². The minimum Gasteiger partial charge on any atom is -0.349 e. The Labute approximate surface area is 110 Å². The van der Waals surface area contributed by atoms with E-state index in [9.17, 15) is 4.79 Å². The van der Waals surface area contributed by atoms with Crippen LogP contribution >= 0.6 is 11.6 Å². The molecule has 1 aromatic heterocycles. The number of nitrogens with one attached hydrogen (secondary N) is 1. The molecule has 18 heavy (non-hydrogen) atoms. The second-order valence-corrected chi connectivity index (χ2v) is 3.90. The first-order valence-corrected chi connectivity index (χ1v) is 6.04. The Balaban J connectivity index is 2.10. The number of fused-ring (bicyclic) bond motifs is 1. The Morgan fingerprint density at radius 1 is 1.22 bits per heavy atom. The average molecular weight is 262 g/mol. The van der Waals surface area contributed by atoms with Gasteiger partial charge in [-0.3, -0.25) is 14.8 Å². The van der Waals surface area contributed by atoms with Crippen LogP contribution in [0.4, 0.5) is 0 Å². The predicted molar refractivity (Wildman–Crippen MR) is 71.7 cm³/mol. The van der Waals surface area contributed by atoms with Crippen molar-refractivity contribution in [2.24, 2.45) is 0 Å². The Morgan fingerprint density at radius 3 is 2.78 bits per heavy atom. The summed E-state index contributed by atoms with van der Waals surface area (Å²) in [6.07, 6.45) is 6.83. The number of benzene rings is 1. The normalized spacial score (nSPS) is 10.9. The Morgan fingerprint density at radius 2 is 2.00 bits per heavy atom. The maximum atomic E-state index is 11.8. The highest BCUT2D eigenvalue weighted by molar-refractivity contribution is 6.18. The van der Waals surface area contributed by atoms with Crippen molar-refractivity contribution in [2.75, 3.05) is 12.4 Å². The molecule has 0 spiro atoms. The van der Waals surface area contributed by atoms with E-state index in [0.29, 0.717) is 23.5 Å². The topological polar surface area (TPSA) is 54.9 Å². The molecule has 0 fully saturated rings. The van der Waals surface area contributed by atoms with Crippen molar-refractivity contribution in [1.29, 1.82) is 0 Å². The predicted octanol–water partition coefficient (Wildman–Crippen LogP) is 2.15. The molecule has 0 aliphatic rings. The third-order valence-corrected chi connectivity index (χ3v) is 2.55. The molecule has 0 aliphatic heterocycles. The third kappa shape index (κ3) is 3.05. The fourth-order valence-corrected chi connectivity index (χ4v) is 1.63. The molecule has 1 amide bonds. The first-order valence-electron chi connectivity index (χ1n) is 5.51. The van der Waals surface area contributed by atoms with E-state index in [2.05, 4.69) is 15.3 Å². The van der Waals surface area contributed by atoms with Gasteiger partial charge in [-0.15, -0.1) is 11.6 Å². The molecule has 0 aliphatic carbocycles. The number of amides is 1. The van der Waals surface area contributed by atoms with Crippen LogP contribution in [0.25, 0.3) is 11.0 Å². The highest BCUT2D eigenvalue weighted by Gasteiger charge is 2.05. The van der Waals surface area contributed by atoms with Crippen LogP contribution in [0, 0.1) is 0 Å². The molecule has 1 aromatic carbocycles. The highest BCUT2D eigenvalue weighted by Crippen LogP contribution is 2.10. The molecule has 1 heterocycles. The van der Waals surface area contributed by atoms with E-state index in [4.69, 9.17) is 11.6 Å². The minimum absolute atomic E-state index is 0.137. The Kier molecular flexibility index (Phi) is 4.25. The molecule has 0 saturated heterocycles. The lowest BCUT2D eigenvalue weighted by Crippen LogP contribution is -2.23. The zero-order chi connectivity index (χ0) is 12.8. The molecule has 0 radical (unpaired) electrons. The van der Waals surface area contributed by atoms with Gasteiger partial charge < -0.3 is 5.32 Å². The molecule has 0 unspecified atom stereocenters. The zero-order valence-electron chi connectivity index (χ0n) is 9.64. The van der Waals surface area contributed by atoms with Crippen LogP contribution in [-0.4, -0.2) is 28.3 Å². The van der Waals surface area contributed by atoms with Crippen molar-refractivity contribution in [2.45, 2.75) is 0 Å². The van der Waals surface area contributed by atoms with Gasteiger partial charge in [-0.2, -0.15) is 0 Å². The SMILES string of the molecule is O=C(NC/C=C/CCl)c1ccc2nccnc2c1. The first-order chi connectivity index (χ1) is 8.81. The quantitative estimate of drug-likeness (QED) is 0.678. The second kappa shape index (κ2) is 6.12. The third-order valence-electron chi connectivity index (χ3n) is 2.37. The summed E-state index contributed by atoms with van der Waals surface area (Å²) < 4.78 is 0. The monoisotopic (exact) mass is 261 g/mol. The van der Waals surface area contributed by atoms with Gasteiger partial charge >= 0.3 is 0 Å². The Bertz CT molecular complexity index is 583. The largest absolute Gasteiger partial charge is 0.349 e. The fraction of sp³-hybridized carbons (Fsp3) is 0.154. The summed E-state index contributed by atoms with van der Waals surface area (Å²) >= 11 is 5.48. The standard InChI is InChI=1S/C13H12ClN3O/c14-5-1-2-6-17-13(18)10-3-4-11-12(9-10)16-8-7-15-11/h1-4,7-9H,5-6H2,(H,17,18)/b2-1+. The van der Waals surface area contributed by atoms with E-state index in [1.165, 1.54) is 0 Å². The van der Waals surface area contributed by atoms with Crippen LogP contribution in [0.1, 0.15) is 10.4 Å². The number of allylic oxidation sites excluding steroid dienone is 1. The van der Waals surface area contributed by atoms with Crippen molar-refractivity contribution in [3.05, 3.63) is 48.3 Å². The molecule has 0 atom stereocenters. The number of rotatable bonds is 4. The van der Waals surface area contributed by atoms with E-state index in [1.54, 1.807) is 36.7 Å². The van der Waals surface area contributed by atoms with Crippen molar-refractivity contribution in [1.82, 2.24) is 15.3 Å². The van der Waals surface area contributed by atoms with Gasteiger partial charge in [0.05, 0.1) is 11.0 Å². The van der Waals surface area contributed by atoms with Crippen molar-refractivity contribution < 1.29 is 4.79 Å². The van der Waals surface area contributed by atoms with Crippen LogP contribution in [0.5, 0.6) is 0 Å². The smallest absolute Gasteiger partial charge is 0.251 e. The van der Waals surface area contributed by atoms with Crippen LogP contribution in [0.15, 0.2) is 42.7 Å². The molecular formula is C13H12ClN3O. The number of carbonyl (C=O) groups is 1. The molecule has 2 aromatic rings. The van der Waals surface area contributed by atoms with Gasteiger partial charge in [0.2, 0.25) is 0 Å². The molecular weight excluding hydrogens is 250 g/mol. The molecule has 1 N–H and O–H groups in total. The summed E-state index contributed by atoms with van der Waals surface area (Å²) in [5.41, 5.74) is 2.06. The van der Waals surface area contributed by atoms with Crippen molar-refractivity contribution >= 4 is 28.5 Å². The molecule has 5 heteroatoms. The van der Waals surface area contributed by atoms with Gasteiger partial charge in [-0.05, 0) is 18.2 Å². The Hall–Kier alpha value is -1.94. The summed E-state index contributed by atoms with van der Waals surface area (Å²) in [5.74, 6) is 0.309. The molecule has 2 rings (SSSR count). The van der Waals surface area contributed by atoms with Gasteiger partial charge in [0, 0.05) is 30.4 Å². The van der Waals surface area contributed by atoms with Crippen LogP contribution in [0.3, 0.4) is 0 Å². The van der Waals surface area contributed by atoms with E-state index >= 15 is 0 Å². The first kappa shape index (κ1) is 12.5. The zero-order valence-corrected chi connectivity index (χ0v) is 10.4. The van der Waals surface area contributed by atoms with Gasteiger partial charge in [0.15, 0.2) is 0 Å². The second-order valence-electron chi connectivity index (χ2n) is 3.60. The highest BCUT2D eigenvalue weighted by atomic mass is 35.5. The lowest BCUT2D eigenvalue weighted by Gasteiger charge is -2.03. The van der Waals surface area contributed by atoms with Gasteiger partial charge in [-0.1, -0.05) is 12.2 Å².